The number of guanidine groups is 1. The van der Waals surface area contributed by atoms with Crippen molar-refractivity contribution < 1.29 is 4.79 Å². The summed E-state index contributed by atoms with van der Waals surface area (Å²) < 4.78 is 1.90. The number of carbonyl (C=O) groups is 1. The van der Waals surface area contributed by atoms with Gasteiger partial charge in [-0.1, -0.05) is 19.1 Å². The Hall–Kier alpha value is -2.10. The first-order valence-electron chi connectivity index (χ1n) is 9.84. The van der Waals surface area contributed by atoms with Gasteiger partial charge in [-0.2, -0.15) is 5.10 Å². The van der Waals surface area contributed by atoms with Crippen molar-refractivity contribution in [2.24, 2.45) is 12.0 Å². The molecule has 0 saturated heterocycles. The molecular formula is C21H33IN6O. The van der Waals surface area contributed by atoms with Crippen molar-refractivity contribution in [1.82, 2.24) is 20.4 Å². The van der Waals surface area contributed by atoms with Gasteiger partial charge in [0.15, 0.2) is 5.96 Å². The van der Waals surface area contributed by atoms with Gasteiger partial charge in [0.2, 0.25) is 5.91 Å². The van der Waals surface area contributed by atoms with Crippen LogP contribution in [0.3, 0.4) is 0 Å². The minimum atomic E-state index is 0. The zero-order chi connectivity index (χ0) is 20.5. The van der Waals surface area contributed by atoms with Gasteiger partial charge in [-0.3, -0.25) is 9.48 Å². The minimum Gasteiger partial charge on any atom is -0.357 e. The molecule has 0 aliphatic rings. The first-order valence-corrected chi connectivity index (χ1v) is 9.84. The van der Waals surface area contributed by atoms with Gasteiger partial charge in [0.25, 0.3) is 0 Å². The van der Waals surface area contributed by atoms with Gasteiger partial charge in [-0.15, -0.1) is 24.0 Å². The van der Waals surface area contributed by atoms with Crippen LogP contribution in [-0.4, -0.2) is 28.2 Å². The molecule has 0 saturated carbocycles. The summed E-state index contributed by atoms with van der Waals surface area (Å²) in [5.74, 6) is 0.818. The molecule has 1 heterocycles. The number of anilines is 1. The first-order chi connectivity index (χ1) is 13.4. The Labute approximate surface area is 190 Å². The first kappa shape index (κ1) is 24.9. The van der Waals surface area contributed by atoms with Crippen LogP contribution in [0, 0.1) is 13.8 Å². The molecule has 160 valence electrons. The average Bonchev–Trinajstić information content (AvgIpc) is 2.91. The molecule has 8 heteroatoms. The standard InChI is InChI=1S/C21H32N6O.HI/c1-6-8-20(28)25-18-11-9-17(10-12-18)13-23-21(22-7-2)24-14-19-15(3)26-27(5)16(19)4;/h9-12H,6-8,13-14H2,1-5H3,(H,25,28)(H2,22,23,24);1H. The quantitative estimate of drug-likeness (QED) is 0.287. The van der Waals surface area contributed by atoms with Crippen LogP contribution < -0.4 is 16.0 Å². The van der Waals surface area contributed by atoms with E-state index >= 15 is 0 Å². The van der Waals surface area contributed by atoms with Gasteiger partial charge in [0.05, 0.1) is 12.2 Å². The fraction of sp³-hybridized carbons (Fsp3) is 0.476. The molecule has 3 N–H and O–H groups in total. The number of aromatic nitrogens is 2. The van der Waals surface area contributed by atoms with Gasteiger partial charge in [-0.05, 0) is 44.9 Å². The molecule has 0 spiro atoms. The fourth-order valence-electron chi connectivity index (χ4n) is 2.90. The van der Waals surface area contributed by atoms with E-state index < -0.39 is 0 Å². The maximum atomic E-state index is 11.7. The third kappa shape index (κ3) is 7.68. The average molecular weight is 512 g/mol. The molecule has 29 heavy (non-hydrogen) atoms. The van der Waals surface area contributed by atoms with Crippen LogP contribution in [-0.2, 0) is 24.9 Å². The Kier molecular flexibility index (Phi) is 10.7. The van der Waals surface area contributed by atoms with Crippen LogP contribution in [0.1, 0.15) is 49.2 Å². The van der Waals surface area contributed by atoms with Gasteiger partial charge >= 0.3 is 0 Å². The normalized spacial score (nSPS) is 11.0. The molecule has 0 aliphatic carbocycles. The van der Waals surface area contributed by atoms with Crippen molar-refractivity contribution in [2.45, 2.75) is 53.6 Å². The molecule has 0 unspecified atom stereocenters. The maximum Gasteiger partial charge on any atom is 0.224 e. The van der Waals surface area contributed by atoms with Crippen LogP contribution in [0.25, 0.3) is 0 Å². The summed E-state index contributed by atoms with van der Waals surface area (Å²) in [5.41, 5.74) is 5.28. The van der Waals surface area contributed by atoms with E-state index in [1.807, 2.05) is 56.8 Å². The second-order valence-corrected chi connectivity index (χ2v) is 6.82. The number of aryl methyl sites for hydroxylation is 2. The Morgan fingerprint density at radius 3 is 2.38 bits per heavy atom. The number of halogens is 1. The molecule has 0 bridgehead atoms. The highest BCUT2D eigenvalue weighted by atomic mass is 127. The van der Waals surface area contributed by atoms with Crippen LogP contribution >= 0.6 is 24.0 Å². The van der Waals surface area contributed by atoms with E-state index in [-0.39, 0.29) is 29.9 Å². The number of rotatable bonds is 8. The zero-order valence-electron chi connectivity index (χ0n) is 18.0. The molecule has 2 aromatic rings. The maximum absolute atomic E-state index is 11.7. The molecule has 0 fully saturated rings. The van der Waals surface area contributed by atoms with E-state index in [0.717, 1.165) is 41.6 Å². The van der Waals surface area contributed by atoms with E-state index in [4.69, 9.17) is 0 Å². The number of hydrogen-bond donors (Lipinski definition) is 3. The van der Waals surface area contributed by atoms with Crippen molar-refractivity contribution in [3.63, 3.8) is 0 Å². The number of amides is 1. The van der Waals surface area contributed by atoms with Crippen molar-refractivity contribution in [3.8, 4) is 0 Å². The highest BCUT2D eigenvalue weighted by Crippen LogP contribution is 2.12. The molecular weight excluding hydrogens is 479 g/mol. The molecule has 2 rings (SSSR count). The van der Waals surface area contributed by atoms with Gasteiger partial charge in [0, 0.05) is 43.5 Å². The second-order valence-electron chi connectivity index (χ2n) is 6.82. The lowest BCUT2D eigenvalue weighted by molar-refractivity contribution is -0.116. The molecule has 1 amide bonds. The SMILES string of the molecule is CCCC(=O)Nc1ccc(CN=C(NCC)NCc2c(C)nn(C)c2C)cc1.I. The Bertz CT molecular complexity index is 813. The summed E-state index contributed by atoms with van der Waals surface area (Å²) in [6.07, 6.45) is 1.39. The molecule has 1 aromatic carbocycles. The highest BCUT2D eigenvalue weighted by molar-refractivity contribution is 14.0. The van der Waals surface area contributed by atoms with Gasteiger partial charge < -0.3 is 16.0 Å². The Morgan fingerprint density at radius 2 is 1.83 bits per heavy atom. The summed E-state index contributed by atoms with van der Waals surface area (Å²) >= 11 is 0. The van der Waals surface area contributed by atoms with Crippen LogP contribution in [0.15, 0.2) is 29.3 Å². The summed E-state index contributed by atoms with van der Waals surface area (Å²) in [7, 11) is 1.96. The van der Waals surface area contributed by atoms with Crippen molar-refractivity contribution in [2.75, 3.05) is 11.9 Å². The number of aliphatic imine (C=N–C) groups is 1. The zero-order valence-corrected chi connectivity index (χ0v) is 20.3. The monoisotopic (exact) mass is 512 g/mol. The summed E-state index contributed by atoms with van der Waals surface area (Å²) in [5, 5.41) is 14.0. The van der Waals surface area contributed by atoms with E-state index in [1.54, 1.807) is 0 Å². The number of nitrogens with zero attached hydrogens (tertiary/aromatic N) is 3. The number of carbonyl (C=O) groups excluding carboxylic acids is 1. The van der Waals surface area contributed by atoms with Crippen molar-refractivity contribution in [1.29, 1.82) is 0 Å². The van der Waals surface area contributed by atoms with Crippen LogP contribution in [0.4, 0.5) is 5.69 Å². The molecule has 0 radical (unpaired) electrons. The van der Waals surface area contributed by atoms with E-state index in [2.05, 4.69) is 33.0 Å². The lowest BCUT2D eigenvalue weighted by Crippen LogP contribution is -2.37. The lowest BCUT2D eigenvalue weighted by Gasteiger charge is -2.12. The smallest absolute Gasteiger partial charge is 0.224 e. The summed E-state index contributed by atoms with van der Waals surface area (Å²) in [6, 6.07) is 7.82. The fourth-order valence-corrected chi connectivity index (χ4v) is 2.90. The van der Waals surface area contributed by atoms with Crippen LogP contribution in [0.5, 0.6) is 0 Å². The summed E-state index contributed by atoms with van der Waals surface area (Å²) in [4.78, 5) is 16.3. The minimum absolute atomic E-state index is 0. The summed E-state index contributed by atoms with van der Waals surface area (Å²) in [6.45, 7) is 10.2. The van der Waals surface area contributed by atoms with Crippen LogP contribution in [0.2, 0.25) is 0 Å². The largest absolute Gasteiger partial charge is 0.357 e. The predicted octanol–water partition coefficient (Wildman–Crippen LogP) is 3.65. The Morgan fingerprint density at radius 1 is 1.14 bits per heavy atom. The number of nitrogens with one attached hydrogen (secondary N) is 3. The number of hydrogen-bond acceptors (Lipinski definition) is 3. The van der Waals surface area contributed by atoms with Crippen molar-refractivity contribution in [3.05, 3.63) is 46.8 Å². The second kappa shape index (κ2) is 12.5. The van der Waals surface area contributed by atoms with Gasteiger partial charge in [-0.25, -0.2) is 4.99 Å². The third-order valence-corrected chi connectivity index (χ3v) is 4.57. The Balaban J connectivity index is 0.00000420. The number of benzene rings is 1. The lowest BCUT2D eigenvalue weighted by atomic mass is 10.2. The van der Waals surface area contributed by atoms with E-state index in [9.17, 15) is 4.79 Å². The molecule has 0 atom stereocenters. The molecule has 7 nitrogen and oxygen atoms in total. The molecule has 0 aliphatic heterocycles. The van der Waals surface area contributed by atoms with Crippen molar-refractivity contribution >= 4 is 41.5 Å². The van der Waals surface area contributed by atoms with E-state index in [1.165, 1.54) is 5.56 Å². The topological polar surface area (TPSA) is 83.3 Å². The third-order valence-electron chi connectivity index (χ3n) is 4.57. The highest BCUT2D eigenvalue weighted by Gasteiger charge is 2.09. The predicted molar refractivity (Wildman–Crippen MR) is 130 cm³/mol. The molecule has 1 aromatic heterocycles. The van der Waals surface area contributed by atoms with Gasteiger partial charge in [0.1, 0.15) is 0 Å². The van der Waals surface area contributed by atoms with E-state index in [0.29, 0.717) is 19.5 Å².